The van der Waals surface area contributed by atoms with Gasteiger partial charge in [0.05, 0.1) is 5.56 Å². The Labute approximate surface area is 150 Å². The van der Waals surface area contributed by atoms with Crippen LogP contribution in [0.4, 0.5) is 0 Å². The van der Waals surface area contributed by atoms with E-state index in [9.17, 15) is 14.4 Å². The Balaban J connectivity index is 1.78. The van der Waals surface area contributed by atoms with Gasteiger partial charge in [0, 0.05) is 27.4 Å². The molecule has 1 heterocycles. The summed E-state index contributed by atoms with van der Waals surface area (Å²) in [6, 6.07) is 8.51. The molecule has 1 aromatic rings. The molecule has 140 valence electrons. The molecular formula is C18H20O8. The van der Waals surface area contributed by atoms with E-state index in [0.717, 1.165) is 0 Å². The van der Waals surface area contributed by atoms with Gasteiger partial charge in [-0.25, -0.2) is 4.79 Å². The fraction of sp³-hybridized carbons (Fsp3) is 0.500. The van der Waals surface area contributed by atoms with Crippen LogP contribution in [0.5, 0.6) is 0 Å². The second-order valence-electron chi connectivity index (χ2n) is 6.25. The smallest absolute Gasteiger partial charge is 0.338 e. The molecule has 0 aromatic heterocycles. The highest BCUT2D eigenvalue weighted by Gasteiger charge is 2.74. The molecule has 1 aromatic carbocycles. The maximum atomic E-state index is 12.3. The van der Waals surface area contributed by atoms with Crippen molar-refractivity contribution in [2.24, 2.45) is 0 Å². The van der Waals surface area contributed by atoms with Crippen LogP contribution in [-0.2, 0) is 33.3 Å². The van der Waals surface area contributed by atoms with Gasteiger partial charge >= 0.3 is 17.9 Å². The summed E-state index contributed by atoms with van der Waals surface area (Å²) in [6.07, 6.45) is -3.13. The van der Waals surface area contributed by atoms with E-state index in [4.69, 9.17) is 23.7 Å². The van der Waals surface area contributed by atoms with Gasteiger partial charge in [0.25, 0.3) is 0 Å². The van der Waals surface area contributed by atoms with Gasteiger partial charge in [-0.05, 0) is 12.1 Å². The summed E-state index contributed by atoms with van der Waals surface area (Å²) in [4.78, 5) is 35.2. The number of rotatable bonds is 5. The second-order valence-corrected chi connectivity index (χ2v) is 6.25. The summed E-state index contributed by atoms with van der Waals surface area (Å²) in [7, 11) is 1.39. The third-order valence-corrected chi connectivity index (χ3v) is 4.36. The van der Waals surface area contributed by atoms with Crippen LogP contribution in [0.25, 0.3) is 0 Å². The average Bonchev–Trinajstić information content (AvgIpc) is 3.21. The predicted molar refractivity (Wildman–Crippen MR) is 86.0 cm³/mol. The molecule has 1 saturated carbocycles. The summed E-state index contributed by atoms with van der Waals surface area (Å²) in [5.74, 6) is -1.64. The van der Waals surface area contributed by atoms with Crippen LogP contribution in [0.2, 0.25) is 0 Å². The number of benzene rings is 1. The topological polar surface area (TPSA) is 97.4 Å². The molecule has 2 unspecified atom stereocenters. The molecule has 0 bridgehead atoms. The molecule has 2 aliphatic rings. The Morgan fingerprint density at radius 1 is 1.04 bits per heavy atom. The molecule has 2 fully saturated rings. The van der Waals surface area contributed by atoms with Crippen LogP contribution in [0.1, 0.15) is 30.6 Å². The number of hydrogen-bond donors (Lipinski definition) is 0. The lowest BCUT2D eigenvalue weighted by Crippen LogP contribution is -2.42. The Kier molecular flexibility index (Phi) is 4.97. The van der Waals surface area contributed by atoms with Gasteiger partial charge in [-0.2, -0.15) is 0 Å². The Morgan fingerprint density at radius 2 is 1.69 bits per heavy atom. The zero-order chi connectivity index (χ0) is 18.9. The van der Waals surface area contributed by atoms with Crippen molar-refractivity contribution in [3.63, 3.8) is 0 Å². The van der Waals surface area contributed by atoms with Crippen LogP contribution >= 0.6 is 0 Å². The molecule has 1 spiro atoms. The van der Waals surface area contributed by atoms with Gasteiger partial charge < -0.3 is 23.7 Å². The molecule has 0 N–H and O–H groups in total. The normalized spacial score (nSPS) is 32.1. The second kappa shape index (κ2) is 7.05. The lowest BCUT2D eigenvalue weighted by molar-refractivity contribution is -0.182. The lowest BCUT2D eigenvalue weighted by atomic mass is 10.1. The van der Waals surface area contributed by atoms with E-state index in [1.807, 2.05) is 0 Å². The van der Waals surface area contributed by atoms with Crippen LogP contribution in [-0.4, -0.2) is 55.2 Å². The fourth-order valence-electron chi connectivity index (χ4n) is 3.18. The molecule has 0 radical (unpaired) electrons. The fourth-order valence-corrected chi connectivity index (χ4v) is 3.18. The maximum absolute atomic E-state index is 12.3. The standard InChI is InChI=1S/C18H20O8/c1-10(19)23-14-15(24-11(2)20)18(26-17(14)22-3)9-13(18)25-16(21)12-7-5-4-6-8-12/h4-8,13-15,17H,9H2,1-3H3/t13-,14+,15?,17?,18-/m1/s1. The van der Waals surface area contributed by atoms with Crippen molar-refractivity contribution in [3.05, 3.63) is 35.9 Å². The molecule has 5 atom stereocenters. The first kappa shape index (κ1) is 18.3. The van der Waals surface area contributed by atoms with Crippen molar-refractivity contribution < 1.29 is 38.1 Å². The minimum atomic E-state index is -1.09. The van der Waals surface area contributed by atoms with Crippen molar-refractivity contribution in [2.45, 2.75) is 50.5 Å². The summed E-state index contributed by atoms with van der Waals surface area (Å²) in [5, 5.41) is 0. The van der Waals surface area contributed by atoms with E-state index >= 15 is 0 Å². The number of ether oxygens (including phenoxy) is 5. The number of methoxy groups -OCH3 is 1. The molecule has 8 nitrogen and oxygen atoms in total. The van der Waals surface area contributed by atoms with Gasteiger partial charge in [-0.15, -0.1) is 0 Å². The van der Waals surface area contributed by atoms with Crippen LogP contribution in [0.15, 0.2) is 30.3 Å². The molecular weight excluding hydrogens is 344 g/mol. The van der Waals surface area contributed by atoms with Crippen molar-refractivity contribution in [3.8, 4) is 0 Å². The first-order valence-electron chi connectivity index (χ1n) is 8.18. The van der Waals surface area contributed by atoms with E-state index < -0.39 is 48.1 Å². The third-order valence-electron chi connectivity index (χ3n) is 4.36. The third kappa shape index (κ3) is 3.42. The highest BCUT2D eigenvalue weighted by molar-refractivity contribution is 5.89. The number of carbonyl (C=O) groups excluding carboxylic acids is 3. The maximum Gasteiger partial charge on any atom is 0.338 e. The van der Waals surface area contributed by atoms with E-state index in [2.05, 4.69) is 0 Å². The number of esters is 3. The summed E-state index contributed by atoms with van der Waals surface area (Å²) >= 11 is 0. The highest BCUT2D eigenvalue weighted by atomic mass is 16.8. The summed E-state index contributed by atoms with van der Waals surface area (Å²) < 4.78 is 27.1. The highest BCUT2D eigenvalue weighted by Crippen LogP contribution is 2.54. The Bertz CT molecular complexity index is 702. The molecule has 1 aliphatic heterocycles. The molecule has 1 saturated heterocycles. The van der Waals surface area contributed by atoms with Crippen LogP contribution < -0.4 is 0 Å². The van der Waals surface area contributed by atoms with Crippen molar-refractivity contribution in [1.82, 2.24) is 0 Å². The van der Waals surface area contributed by atoms with Gasteiger partial charge in [0.15, 0.2) is 24.1 Å². The van der Waals surface area contributed by atoms with E-state index in [1.54, 1.807) is 30.3 Å². The summed E-state index contributed by atoms with van der Waals surface area (Å²) in [6.45, 7) is 2.48. The van der Waals surface area contributed by atoms with E-state index in [0.29, 0.717) is 12.0 Å². The minimum Gasteiger partial charge on any atom is -0.455 e. The Morgan fingerprint density at radius 3 is 2.27 bits per heavy atom. The first-order chi connectivity index (χ1) is 12.4. The molecule has 3 rings (SSSR count). The van der Waals surface area contributed by atoms with E-state index in [1.165, 1.54) is 21.0 Å². The molecule has 0 amide bonds. The SMILES string of the molecule is COC1O[C@@]2(C[C@H]2OC(=O)c2ccccc2)C(OC(C)=O)[C@@H]1OC(C)=O. The van der Waals surface area contributed by atoms with Gasteiger partial charge in [-0.3, -0.25) is 9.59 Å². The van der Waals surface area contributed by atoms with Crippen molar-refractivity contribution in [1.29, 1.82) is 0 Å². The lowest BCUT2D eigenvalue weighted by Gasteiger charge is -2.23. The van der Waals surface area contributed by atoms with Crippen LogP contribution in [0, 0.1) is 0 Å². The monoisotopic (exact) mass is 364 g/mol. The largest absolute Gasteiger partial charge is 0.455 e. The molecule has 1 aliphatic carbocycles. The quantitative estimate of drug-likeness (QED) is 0.568. The van der Waals surface area contributed by atoms with Gasteiger partial charge in [0.2, 0.25) is 0 Å². The van der Waals surface area contributed by atoms with E-state index in [-0.39, 0.29) is 0 Å². The minimum absolute atomic E-state index is 0.307. The zero-order valence-corrected chi connectivity index (χ0v) is 14.7. The molecule has 8 heteroatoms. The van der Waals surface area contributed by atoms with Gasteiger partial charge in [-0.1, -0.05) is 18.2 Å². The van der Waals surface area contributed by atoms with Gasteiger partial charge in [0.1, 0.15) is 6.10 Å². The number of hydrogen-bond acceptors (Lipinski definition) is 8. The van der Waals surface area contributed by atoms with Crippen LogP contribution in [0.3, 0.4) is 0 Å². The zero-order valence-electron chi connectivity index (χ0n) is 14.7. The average molecular weight is 364 g/mol. The first-order valence-corrected chi connectivity index (χ1v) is 8.18. The molecule has 26 heavy (non-hydrogen) atoms. The van der Waals surface area contributed by atoms with Crippen molar-refractivity contribution >= 4 is 17.9 Å². The summed E-state index contributed by atoms with van der Waals surface area (Å²) in [5.41, 5.74) is -0.687. The Hall–Kier alpha value is -2.45. The predicted octanol–water partition coefficient (Wildman–Crippen LogP) is 1.22. The number of carbonyl (C=O) groups is 3. The van der Waals surface area contributed by atoms with Crippen molar-refractivity contribution in [2.75, 3.05) is 7.11 Å².